The van der Waals surface area contributed by atoms with E-state index in [2.05, 4.69) is 39.2 Å². The first kappa shape index (κ1) is 24.5. The molecule has 39 heavy (non-hydrogen) atoms. The van der Waals surface area contributed by atoms with Crippen LogP contribution in [0, 0.1) is 11.3 Å². The summed E-state index contributed by atoms with van der Waals surface area (Å²) in [6.45, 7) is 4.88. The van der Waals surface area contributed by atoms with E-state index >= 15 is 0 Å². The minimum Gasteiger partial charge on any atom is -0.508 e. The number of phenols is 1. The Bertz CT molecular complexity index is 1440. The van der Waals surface area contributed by atoms with Gasteiger partial charge in [0.25, 0.3) is 0 Å². The third-order valence-corrected chi connectivity index (χ3v) is 9.22. The van der Waals surface area contributed by atoms with E-state index in [1.807, 2.05) is 30.3 Å². The number of pyridine rings is 1. The van der Waals surface area contributed by atoms with Gasteiger partial charge in [0.1, 0.15) is 29.8 Å². The number of anilines is 2. The Morgan fingerprint density at radius 2 is 1.90 bits per heavy atom. The number of hydrogen-bond donors (Lipinski definition) is 2. The van der Waals surface area contributed by atoms with E-state index in [4.69, 9.17) is 9.72 Å². The molecule has 3 fully saturated rings. The number of aromatic nitrogens is 1. The minimum atomic E-state index is 0.256. The second kappa shape index (κ2) is 9.89. The van der Waals surface area contributed by atoms with Gasteiger partial charge in [0.2, 0.25) is 5.88 Å². The number of aromatic hydroxyl groups is 1. The second-order valence-electron chi connectivity index (χ2n) is 11.7. The molecule has 3 atom stereocenters. The molecule has 0 aliphatic carbocycles. The highest BCUT2D eigenvalue weighted by molar-refractivity contribution is 5.95. The van der Waals surface area contributed by atoms with Gasteiger partial charge in [-0.15, -0.1) is 0 Å². The molecule has 8 heteroatoms. The highest BCUT2D eigenvalue weighted by atomic mass is 16.5. The Kier molecular flexibility index (Phi) is 6.21. The van der Waals surface area contributed by atoms with Crippen LogP contribution in [0.3, 0.4) is 0 Å². The van der Waals surface area contributed by atoms with Gasteiger partial charge in [-0.3, -0.25) is 0 Å². The van der Waals surface area contributed by atoms with Gasteiger partial charge in [0.15, 0.2) is 0 Å². The van der Waals surface area contributed by atoms with E-state index in [-0.39, 0.29) is 5.75 Å². The molecule has 3 saturated heterocycles. The second-order valence-corrected chi connectivity index (χ2v) is 11.7. The van der Waals surface area contributed by atoms with E-state index in [1.54, 1.807) is 0 Å². The highest BCUT2D eigenvalue weighted by Gasteiger charge is 2.36. The Morgan fingerprint density at radius 1 is 1.08 bits per heavy atom. The van der Waals surface area contributed by atoms with Gasteiger partial charge >= 0.3 is 0 Å². The SMILES string of the molecule is CN1CCC[C@H]1COc1nc(N2CC3CCC(C2)N3)c2c(c1C#N)CN(c1cc(O)cc3ccccc13)CC2. The van der Waals surface area contributed by atoms with E-state index in [0.29, 0.717) is 42.7 Å². The number of nitriles is 1. The van der Waals surface area contributed by atoms with Crippen LogP contribution in [-0.2, 0) is 13.0 Å². The van der Waals surface area contributed by atoms with Crippen molar-refractivity contribution in [2.24, 2.45) is 0 Å². The largest absolute Gasteiger partial charge is 0.508 e. The van der Waals surface area contributed by atoms with Crippen molar-refractivity contribution in [3.8, 4) is 17.7 Å². The van der Waals surface area contributed by atoms with Crippen molar-refractivity contribution in [2.45, 2.75) is 56.8 Å². The summed E-state index contributed by atoms with van der Waals surface area (Å²) in [6.07, 6.45) is 5.48. The summed E-state index contributed by atoms with van der Waals surface area (Å²) < 4.78 is 6.40. The number of nitrogens with zero attached hydrogens (tertiary/aromatic N) is 5. The standard InChI is InChI=1S/C31H36N6O2/c1-35-11-4-6-23(35)19-39-31-27(15-32)28-18-36(29-14-24(38)13-20-5-2-3-7-25(20)29)12-10-26(28)30(34-31)37-16-21-8-9-22(17-37)33-21/h2-3,5,7,13-14,21-23,33,38H,4,6,8-12,16-19H2,1H3/t21?,22?,23-/m0/s1. The maximum atomic E-state index is 10.5. The van der Waals surface area contributed by atoms with E-state index in [0.717, 1.165) is 66.9 Å². The molecular formula is C31H36N6O2. The molecule has 0 radical (unpaired) electrons. The van der Waals surface area contributed by atoms with Crippen molar-refractivity contribution in [1.29, 1.82) is 5.26 Å². The molecule has 202 valence electrons. The molecule has 2 N–H and O–H groups in total. The number of fused-ring (bicyclic) bond motifs is 4. The molecule has 2 unspecified atom stereocenters. The highest BCUT2D eigenvalue weighted by Crippen LogP contribution is 2.40. The summed E-state index contributed by atoms with van der Waals surface area (Å²) in [4.78, 5) is 12.2. The van der Waals surface area contributed by atoms with Crippen molar-refractivity contribution in [3.05, 3.63) is 53.1 Å². The number of nitrogens with one attached hydrogen (secondary N) is 1. The zero-order valence-electron chi connectivity index (χ0n) is 22.6. The number of ether oxygens (including phenoxy) is 1. The third-order valence-electron chi connectivity index (χ3n) is 9.22. The smallest absolute Gasteiger partial charge is 0.234 e. The number of hydrogen-bond acceptors (Lipinski definition) is 8. The van der Waals surface area contributed by atoms with Crippen LogP contribution in [-0.4, -0.2) is 72.9 Å². The Morgan fingerprint density at radius 3 is 2.67 bits per heavy atom. The predicted molar refractivity (Wildman–Crippen MR) is 153 cm³/mol. The molecular weight excluding hydrogens is 488 g/mol. The minimum absolute atomic E-state index is 0.256. The maximum Gasteiger partial charge on any atom is 0.234 e. The van der Waals surface area contributed by atoms with E-state index in [1.165, 1.54) is 24.8 Å². The van der Waals surface area contributed by atoms with Gasteiger partial charge in [-0.1, -0.05) is 24.3 Å². The van der Waals surface area contributed by atoms with Crippen molar-refractivity contribution in [1.82, 2.24) is 15.2 Å². The van der Waals surface area contributed by atoms with Gasteiger partial charge in [0, 0.05) is 72.6 Å². The molecule has 0 amide bonds. The Labute approximate surface area is 229 Å². The van der Waals surface area contributed by atoms with E-state index < -0.39 is 0 Å². The zero-order valence-corrected chi connectivity index (χ0v) is 22.6. The van der Waals surface area contributed by atoms with Crippen LogP contribution >= 0.6 is 0 Å². The zero-order chi connectivity index (χ0) is 26.5. The van der Waals surface area contributed by atoms with Crippen LogP contribution in [0.1, 0.15) is 42.4 Å². The Balaban J connectivity index is 1.29. The first-order valence-corrected chi connectivity index (χ1v) is 14.3. The van der Waals surface area contributed by atoms with Crippen LogP contribution in [0.15, 0.2) is 36.4 Å². The van der Waals surface area contributed by atoms with Crippen molar-refractivity contribution < 1.29 is 9.84 Å². The van der Waals surface area contributed by atoms with E-state index in [9.17, 15) is 10.4 Å². The van der Waals surface area contributed by atoms with Crippen LogP contribution in [0.4, 0.5) is 11.5 Å². The van der Waals surface area contributed by atoms with Gasteiger partial charge in [-0.2, -0.15) is 10.2 Å². The molecule has 5 heterocycles. The maximum absolute atomic E-state index is 10.5. The monoisotopic (exact) mass is 524 g/mol. The molecule has 2 aromatic carbocycles. The van der Waals surface area contributed by atoms with Gasteiger partial charge in [-0.25, -0.2) is 0 Å². The fraction of sp³-hybridized carbons (Fsp3) is 0.484. The molecule has 4 aliphatic rings. The average Bonchev–Trinajstić information content (AvgIpc) is 3.53. The van der Waals surface area contributed by atoms with Crippen molar-refractivity contribution in [3.63, 3.8) is 0 Å². The molecule has 7 rings (SSSR count). The first-order chi connectivity index (χ1) is 19.1. The van der Waals surface area contributed by atoms with Crippen LogP contribution in [0.5, 0.6) is 11.6 Å². The molecule has 3 aromatic rings. The molecule has 0 saturated carbocycles. The summed E-state index contributed by atoms with van der Waals surface area (Å²) in [5.41, 5.74) is 3.75. The lowest BCUT2D eigenvalue weighted by molar-refractivity contribution is 0.192. The summed E-state index contributed by atoms with van der Waals surface area (Å²) in [5.74, 6) is 1.73. The number of phenolic OH excluding ortho intramolecular Hbond substituents is 1. The number of piperazine rings is 1. The molecule has 2 bridgehead atoms. The van der Waals surface area contributed by atoms with Crippen molar-refractivity contribution >= 4 is 22.3 Å². The number of likely N-dealkylation sites (tertiary alicyclic amines) is 1. The summed E-state index contributed by atoms with van der Waals surface area (Å²) in [5, 5.41) is 26.8. The third kappa shape index (κ3) is 4.44. The fourth-order valence-corrected chi connectivity index (χ4v) is 7.15. The predicted octanol–water partition coefficient (Wildman–Crippen LogP) is 3.79. The Hall–Kier alpha value is -3.54. The summed E-state index contributed by atoms with van der Waals surface area (Å²) in [6, 6.07) is 15.6. The molecule has 1 aromatic heterocycles. The quantitative estimate of drug-likeness (QED) is 0.521. The number of likely N-dealkylation sites (N-methyl/N-ethyl adjacent to an activating group) is 1. The fourth-order valence-electron chi connectivity index (χ4n) is 7.15. The molecule has 0 spiro atoms. The lowest BCUT2D eigenvalue weighted by Gasteiger charge is -2.38. The van der Waals surface area contributed by atoms with Crippen LogP contribution in [0.2, 0.25) is 0 Å². The van der Waals surface area contributed by atoms with Crippen molar-refractivity contribution in [2.75, 3.05) is 49.6 Å². The van der Waals surface area contributed by atoms with Gasteiger partial charge < -0.3 is 29.9 Å². The van der Waals surface area contributed by atoms with Gasteiger partial charge in [0.05, 0.1) is 0 Å². The molecule has 4 aliphatic heterocycles. The summed E-state index contributed by atoms with van der Waals surface area (Å²) >= 11 is 0. The van der Waals surface area contributed by atoms with Gasteiger partial charge in [-0.05, 0) is 57.1 Å². The molecule has 8 nitrogen and oxygen atoms in total. The summed E-state index contributed by atoms with van der Waals surface area (Å²) in [7, 11) is 2.14. The lowest BCUT2D eigenvalue weighted by Crippen LogP contribution is -2.52. The number of rotatable bonds is 5. The van der Waals surface area contributed by atoms with Crippen LogP contribution < -0.4 is 19.9 Å². The topological polar surface area (TPSA) is 87.9 Å². The lowest BCUT2D eigenvalue weighted by atomic mass is 9.94. The average molecular weight is 525 g/mol. The normalized spacial score (nSPS) is 24.7. The van der Waals surface area contributed by atoms with Crippen LogP contribution in [0.25, 0.3) is 10.8 Å². The number of benzene rings is 2. The first-order valence-electron chi connectivity index (χ1n) is 14.3.